The highest BCUT2D eigenvalue weighted by Crippen LogP contribution is 2.33. The second kappa shape index (κ2) is 5.88. The lowest BCUT2D eigenvalue weighted by atomic mass is 9.95. The summed E-state index contributed by atoms with van der Waals surface area (Å²) in [7, 11) is 0. The SMILES string of the molecule is C=CCOC1(O)C=CC(C=O)=CC1(O)OCC=C. The van der Waals surface area contributed by atoms with Crippen molar-refractivity contribution in [2.45, 2.75) is 11.6 Å². The van der Waals surface area contributed by atoms with Gasteiger partial charge in [-0.05, 0) is 12.2 Å². The number of aliphatic hydroxyl groups is 2. The average Bonchev–Trinajstić information content (AvgIpc) is 2.38. The molecular weight excluding hydrogens is 236 g/mol. The number of hydrogen-bond donors (Lipinski definition) is 2. The highest BCUT2D eigenvalue weighted by molar-refractivity contribution is 5.78. The van der Waals surface area contributed by atoms with Gasteiger partial charge < -0.3 is 19.7 Å². The first-order chi connectivity index (χ1) is 8.51. The largest absolute Gasteiger partial charge is 0.358 e. The molecule has 0 aliphatic heterocycles. The molecule has 2 N–H and O–H groups in total. The molecule has 0 saturated heterocycles. The molecule has 0 aromatic rings. The smallest absolute Gasteiger partial charge is 0.246 e. The van der Waals surface area contributed by atoms with Gasteiger partial charge in [0.05, 0.1) is 13.2 Å². The van der Waals surface area contributed by atoms with Gasteiger partial charge in [0.2, 0.25) is 11.6 Å². The number of allylic oxidation sites excluding steroid dienone is 2. The van der Waals surface area contributed by atoms with Crippen LogP contribution in [0.25, 0.3) is 0 Å². The first-order valence-electron chi connectivity index (χ1n) is 5.33. The summed E-state index contributed by atoms with van der Waals surface area (Å²) in [5.74, 6) is -4.24. The molecule has 0 saturated carbocycles. The molecule has 0 radical (unpaired) electrons. The van der Waals surface area contributed by atoms with Crippen LogP contribution < -0.4 is 0 Å². The first kappa shape index (κ1) is 14.5. The van der Waals surface area contributed by atoms with Crippen molar-refractivity contribution < 1.29 is 24.5 Å². The molecule has 0 heterocycles. The maximum absolute atomic E-state index is 10.7. The van der Waals surface area contributed by atoms with Gasteiger partial charge in [-0.15, -0.1) is 13.2 Å². The van der Waals surface area contributed by atoms with Crippen LogP contribution >= 0.6 is 0 Å². The molecule has 98 valence electrons. The third kappa shape index (κ3) is 2.83. The number of carbonyl (C=O) groups excluding carboxylic acids is 1. The van der Waals surface area contributed by atoms with Crippen LogP contribution in [0.5, 0.6) is 0 Å². The summed E-state index contributed by atoms with van der Waals surface area (Å²) >= 11 is 0. The van der Waals surface area contributed by atoms with Crippen LogP contribution in [0.15, 0.2) is 49.1 Å². The molecule has 5 heteroatoms. The van der Waals surface area contributed by atoms with Crippen molar-refractivity contribution in [3.63, 3.8) is 0 Å². The third-order valence-electron chi connectivity index (χ3n) is 2.36. The van der Waals surface area contributed by atoms with Crippen LogP contribution in [0, 0.1) is 0 Å². The highest BCUT2D eigenvalue weighted by Gasteiger charge is 2.50. The Kier molecular flexibility index (Phi) is 4.75. The molecule has 1 rings (SSSR count). The molecule has 0 bridgehead atoms. The van der Waals surface area contributed by atoms with Gasteiger partial charge in [-0.2, -0.15) is 0 Å². The van der Waals surface area contributed by atoms with E-state index in [1.54, 1.807) is 0 Å². The zero-order valence-electron chi connectivity index (χ0n) is 9.91. The van der Waals surface area contributed by atoms with E-state index in [9.17, 15) is 15.0 Å². The number of rotatable bonds is 7. The van der Waals surface area contributed by atoms with Crippen LogP contribution in [0.1, 0.15) is 0 Å². The maximum Gasteiger partial charge on any atom is 0.246 e. The Morgan fingerprint density at radius 3 is 2.22 bits per heavy atom. The minimum Gasteiger partial charge on any atom is -0.358 e. The fourth-order valence-corrected chi connectivity index (χ4v) is 1.45. The third-order valence-corrected chi connectivity index (χ3v) is 2.36. The average molecular weight is 252 g/mol. The molecule has 0 spiro atoms. The monoisotopic (exact) mass is 252 g/mol. The van der Waals surface area contributed by atoms with E-state index in [1.807, 2.05) is 0 Å². The maximum atomic E-state index is 10.7. The van der Waals surface area contributed by atoms with E-state index < -0.39 is 11.6 Å². The quantitative estimate of drug-likeness (QED) is 0.391. The lowest BCUT2D eigenvalue weighted by Crippen LogP contribution is -2.57. The van der Waals surface area contributed by atoms with Crippen LogP contribution in [-0.4, -0.2) is 41.3 Å². The summed E-state index contributed by atoms with van der Waals surface area (Å²) in [5, 5.41) is 20.5. The van der Waals surface area contributed by atoms with Crippen LogP contribution in [-0.2, 0) is 14.3 Å². The minimum atomic E-state index is -2.16. The van der Waals surface area contributed by atoms with Gasteiger partial charge in [0.1, 0.15) is 6.29 Å². The van der Waals surface area contributed by atoms with Crippen molar-refractivity contribution in [2.75, 3.05) is 13.2 Å². The topological polar surface area (TPSA) is 76.0 Å². The second-order valence-electron chi connectivity index (χ2n) is 3.69. The number of ether oxygens (including phenoxy) is 2. The highest BCUT2D eigenvalue weighted by atomic mass is 16.7. The molecule has 0 aromatic carbocycles. The van der Waals surface area contributed by atoms with Crippen molar-refractivity contribution in [3.05, 3.63) is 49.1 Å². The van der Waals surface area contributed by atoms with Crippen molar-refractivity contribution in [1.29, 1.82) is 0 Å². The molecule has 2 unspecified atom stereocenters. The van der Waals surface area contributed by atoms with E-state index in [0.717, 1.165) is 12.2 Å². The Hall–Kier alpha value is -1.53. The lowest BCUT2D eigenvalue weighted by molar-refractivity contribution is -0.337. The fraction of sp³-hybridized carbons (Fsp3) is 0.308. The molecule has 0 aromatic heterocycles. The van der Waals surface area contributed by atoms with E-state index in [2.05, 4.69) is 13.2 Å². The fourth-order valence-electron chi connectivity index (χ4n) is 1.45. The Balaban J connectivity index is 3.04. The molecule has 1 aliphatic rings. The molecule has 0 fully saturated rings. The van der Waals surface area contributed by atoms with E-state index >= 15 is 0 Å². The van der Waals surface area contributed by atoms with Crippen LogP contribution in [0.4, 0.5) is 0 Å². The summed E-state index contributed by atoms with van der Waals surface area (Å²) in [4.78, 5) is 10.7. The van der Waals surface area contributed by atoms with E-state index in [4.69, 9.17) is 9.47 Å². The predicted molar refractivity (Wildman–Crippen MR) is 65.5 cm³/mol. The number of aldehydes is 1. The van der Waals surface area contributed by atoms with Gasteiger partial charge in [-0.25, -0.2) is 0 Å². The van der Waals surface area contributed by atoms with Crippen molar-refractivity contribution >= 4 is 6.29 Å². The zero-order chi connectivity index (χ0) is 13.6. The molecular formula is C13H16O5. The van der Waals surface area contributed by atoms with E-state index in [0.29, 0.717) is 6.29 Å². The van der Waals surface area contributed by atoms with Gasteiger partial charge in [0, 0.05) is 5.57 Å². The van der Waals surface area contributed by atoms with Gasteiger partial charge in [0.15, 0.2) is 0 Å². The van der Waals surface area contributed by atoms with Crippen LogP contribution in [0.3, 0.4) is 0 Å². The Labute approximate surface area is 105 Å². The Bertz CT molecular complexity index is 398. The van der Waals surface area contributed by atoms with Crippen molar-refractivity contribution in [2.24, 2.45) is 0 Å². The second-order valence-corrected chi connectivity index (χ2v) is 3.69. The number of hydrogen-bond acceptors (Lipinski definition) is 5. The van der Waals surface area contributed by atoms with E-state index in [1.165, 1.54) is 18.2 Å². The zero-order valence-corrected chi connectivity index (χ0v) is 9.91. The van der Waals surface area contributed by atoms with Gasteiger partial charge in [-0.1, -0.05) is 18.2 Å². The summed E-state index contributed by atoms with van der Waals surface area (Å²) < 4.78 is 10.2. The molecule has 2 atom stereocenters. The molecule has 1 aliphatic carbocycles. The molecule has 5 nitrogen and oxygen atoms in total. The normalized spacial score (nSPS) is 30.7. The van der Waals surface area contributed by atoms with Crippen LogP contribution in [0.2, 0.25) is 0 Å². The number of carbonyl (C=O) groups is 1. The lowest BCUT2D eigenvalue weighted by Gasteiger charge is -2.40. The molecule has 18 heavy (non-hydrogen) atoms. The summed E-state index contributed by atoms with van der Waals surface area (Å²) in [6.07, 6.45) is 6.93. The Morgan fingerprint density at radius 1 is 1.17 bits per heavy atom. The Morgan fingerprint density at radius 2 is 1.72 bits per heavy atom. The predicted octanol–water partition coefficient (Wildman–Crippen LogP) is 0.464. The van der Waals surface area contributed by atoms with E-state index in [-0.39, 0.29) is 18.8 Å². The van der Waals surface area contributed by atoms with Crippen molar-refractivity contribution in [1.82, 2.24) is 0 Å². The molecule has 0 amide bonds. The van der Waals surface area contributed by atoms with Gasteiger partial charge in [-0.3, -0.25) is 4.79 Å². The summed E-state index contributed by atoms with van der Waals surface area (Å²) in [6, 6.07) is 0. The standard InChI is InChI=1S/C13H16O5/c1-3-7-17-12(15)6-5-11(10-14)9-13(12,16)18-8-4-2/h3-6,9-10,15-16H,1-2,7-8H2. The summed E-state index contributed by atoms with van der Waals surface area (Å²) in [5.41, 5.74) is 0.174. The van der Waals surface area contributed by atoms with Crippen molar-refractivity contribution in [3.8, 4) is 0 Å². The van der Waals surface area contributed by atoms with Gasteiger partial charge in [0.25, 0.3) is 0 Å². The minimum absolute atomic E-state index is 0.00482. The summed E-state index contributed by atoms with van der Waals surface area (Å²) in [6.45, 7) is 6.87. The van der Waals surface area contributed by atoms with Gasteiger partial charge >= 0.3 is 0 Å². The first-order valence-corrected chi connectivity index (χ1v) is 5.33.